The van der Waals surface area contributed by atoms with E-state index in [2.05, 4.69) is 14.5 Å². The van der Waals surface area contributed by atoms with E-state index in [4.69, 9.17) is 4.74 Å². The van der Waals surface area contributed by atoms with Gasteiger partial charge in [0.05, 0.1) is 19.3 Å². The molecule has 2 heterocycles. The van der Waals surface area contributed by atoms with Crippen molar-refractivity contribution in [3.8, 4) is 5.75 Å². The van der Waals surface area contributed by atoms with Gasteiger partial charge in [-0.15, -0.1) is 0 Å². The number of ether oxygens (including phenoxy) is 2. The normalized spacial score (nSPS) is 32.6. The molecule has 0 amide bonds. The van der Waals surface area contributed by atoms with Crippen LogP contribution in [0.3, 0.4) is 0 Å². The second kappa shape index (κ2) is 8.39. The summed E-state index contributed by atoms with van der Waals surface area (Å²) in [7, 11) is 0. The Bertz CT molecular complexity index is 627. The number of aliphatic hydroxyl groups excluding tert-OH is 1. The molecule has 3 aliphatic rings. The Kier molecular flexibility index (Phi) is 5.92. The van der Waals surface area contributed by atoms with Gasteiger partial charge in [-0.05, 0) is 42.4 Å². The highest BCUT2D eigenvalue weighted by Crippen LogP contribution is 2.39. The van der Waals surface area contributed by atoms with Crippen molar-refractivity contribution >= 4 is 0 Å². The summed E-state index contributed by atoms with van der Waals surface area (Å²) in [6, 6.07) is 7.19. The van der Waals surface area contributed by atoms with Gasteiger partial charge in [0, 0.05) is 38.8 Å². The average molecular weight is 382 g/mol. The van der Waals surface area contributed by atoms with Crippen molar-refractivity contribution in [1.82, 2.24) is 9.80 Å². The summed E-state index contributed by atoms with van der Waals surface area (Å²) in [4.78, 5) is 4.77. The molecule has 0 radical (unpaired) electrons. The first kappa shape index (κ1) is 19.1. The molecule has 150 valence electrons. The van der Waals surface area contributed by atoms with Gasteiger partial charge in [0.25, 0.3) is 0 Å². The van der Waals surface area contributed by atoms with Crippen LogP contribution in [0.4, 0.5) is 8.78 Å². The average Bonchev–Trinajstić information content (AvgIpc) is 3.02. The van der Waals surface area contributed by atoms with Crippen LogP contribution in [0.2, 0.25) is 0 Å². The van der Waals surface area contributed by atoms with Gasteiger partial charge in [-0.2, -0.15) is 8.78 Å². The minimum Gasteiger partial charge on any atom is -0.435 e. The number of alkyl halides is 2. The first-order valence-corrected chi connectivity index (χ1v) is 9.84. The van der Waals surface area contributed by atoms with Crippen molar-refractivity contribution in [2.45, 2.75) is 38.1 Å². The molecule has 1 aromatic carbocycles. The number of hydrogen-bond acceptors (Lipinski definition) is 5. The summed E-state index contributed by atoms with van der Waals surface area (Å²) in [6.45, 7) is 3.19. The van der Waals surface area contributed by atoms with Crippen LogP contribution < -0.4 is 4.74 Å². The molecule has 27 heavy (non-hydrogen) atoms. The number of morpholine rings is 1. The Morgan fingerprint density at radius 3 is 2.63 bits per heavy atom. The van der Waals surface area contributed by atoms with E-state index in [0.29, 0.717) is 11.8 Å². The highest BCUT2D eigenvalue weighted by Gasteiger charge is 2.43. The van der Waals surface area contributed by atoms with Crippen LogP contribution in [-0.2, 0) is 11.3 Å². The zero-order valence-corrected chi connectivity index (χ0v) is 15.5. The third-order valence-corrected chi connectivity index (χ3v) is 6.23. The molecule has 1 saturated carbocycles. The van der Waals surface area contributed by atoms with Gasteiger partial charge in [-0.1, -0.05) is 12.1 Å². The molecule has 0 spiro atoms. The van der Waals surface area contributed by atoms with Crippen LogP contribution in [0.5, 0.6) is 5.75 Å². The molecule has 3 fully saturated rings. The number of hydrogen-bond donors (Lipinski definition) is 1. The third-order valence-electron chi connectivity index (χ3n) is 6.23. The molecular formula is C20H28F2N2O3. The number of benzene rings is 1. The molecule has 7 heteroatoms. The van der Waals surface area contributed by atoms with Crippen molar-refractivity contribution in [1.29, 1.82) is 0 Å². The zero-order chi connectivity index (χ0) is 18.8. The fourth-order valence-electron chi connectivity index (χ4n) is 5.01. The quantitative estimate of drug-likeness (QED) is 0.846. The van der Waals surface area contributed by atoms with Crippen LogP contribution in [0.15, 0.2) is 24.3 Å². The minimum atomic E-state index is -2.80. The minimum absolute atomic E-state index is 0.210. The number of fused-ring (bicyclic) bond motifs is 1. The van der Waals surface area contributed by atoms with Gasteiger partial charge in [-0.25, -0.2) is 0 Å². The molecule has 2 aliphatic heterocycles. The SMILES string of the molecule is O[C@@H]1C[C@H]2CN(Cc3cccc(OC(F)F)c3)C[C@H]2C[C@H]1N1CCOCC1. The van der Waals surface area contributed by atoms with E-state index >= 15 is 0 Å². The van der Waals surface area contributed by atoms with Gasteiger partial charge >= 0.3 is 6.61 Å². The van der Waals surface area contributed by atoms with Crippen LogP contribution >= 0.6 is 0 Å². The maximum atomic E-state index is 12.4. The predicted octanol–water partition coefficient (Wildman–Crippen LogP) is 2.19. The summed E-state index contributed by atoms with van der Waals surface area (Å²) >= 11 is 0. The first-order valence-electron chi connectivity index (χ1n) is 9.84. The van der Waals surface area contributed by atoms with Crippen molar-refractivity contribution in [2.75, 3.05) is 39.4 Å². The lowest BCUT2D eigenvalue weighted by Gasteiger charge is -2.43. The Balaban J connectivity index is 1.35. The van der Waals surface area contributed by atoms with E-state index in [1.165, 1.54) is 0 Å². The van der Waals surface area contributed by atoms with Crippen LogP contribution in [-0.4, -0.2) is 73.1 Å². The van der Waals surface area contributed by atoms with Gasteiger partial charge in [-0.3, -0.25) is 9.80 Å². The van der Waals surface area contributed by atoms with E-state index < -0.39 is 6.61 Å². The molecule has 0 bridgehead atoms. The Labute approximate surface area is 158 Å². The number of rotatable bonds is 5. The maximum absolute atomic E-state index is 12.4. The van der Waals surface area contributed by atoms with E-state index in [9.17, 15) is 13.9 Å². The van der Waals surface area contributed by atoms with Crippen LogP contribution in [0, 0.1) is 11.8 Å². The van der Waals surface area contributed by atoms with Crippen LogP contribution in [0.1, 0.15) is 18.4 Å². The van der Waals surface area contributed by atoms with E-state index in [0.717, 1.165) is 64.3 Å². The van der Waals surface area contributed by atoms with Gasteiger partial charge in [0.15, 0.2) is 0 Å². The van der Waals surface area contributed by atoms with Crippen molar-refractivity contribution in [3.63, 3.8) is 0 Å². The largest absolute Gasteiger partial charge is 0.435 e. The van der Waals surface area contributed by atoms with Gasteiger partial charge in [0.1, 0.15) is 5.75 Å². The molecule has 0 unspecified atom stereocenters. The summed E-state index contributed by atoms with van der Waals surface area (Å²) in [5.41, 5.74) is 0.983. The lowest BCUT2D eigenvalue weighted by molar-refractivity contribution is -0.0521. The molecular weight excluding hydrogens is 354 g/mol. The summed E-state index contributed by atoms with van der Waals surface area (Å²) in [6.07, 6.45) is 1.60. The Morgan fingerprint density at radius 1 is 1.15 bits per heavy atom. The highest BCUT2D eigenvalue weighted by molar-refractivity contribution is 5.28. The molecule has 0 aromatic heterocycles. The summed E-state index contributed by atoms with van der Waals surface area (Å²) in [5.74, 6) is 1.31. The van der Waals surface area contributed by atoms with E-state index in [1.54, 1.807) is 18.2 Å². The Morgan fingerprint density at radius 2 is 1.89 bits per heavy atom. The fourth-order valence-corrected chi connectivity index (χ4v) is 5.01. The maximum Gasteiger partial charge on any atom is 0.387 e. The number of nitrogens with zero attached hydrogens (tertiary/aromatic N) is 2. The lowest BCUT2D eigenvalue weighted by atomic mass is 9.77. The second-order valence-electron chi connectivity index (χ2n) is 7.99. The standard InChI is InChI=1S/C20H28F2N2O3/c21-20(22)27-17-3-1-2-14(8-17)11-23-12-15-9-18(19(25)10-16(15)13-23)24-4-6-26-7-5-24/h1-3,8,15-16,18-20,25H,4-7,9-13H2/t15-,16+,18-,19-/m1/s1. The molecule has 4 atom stereocenters. The first-order chi connectivity index (χ1) is 13.1. The zero-order valence-electron chi connectivity index (χ0n) is 15.5. The fraction of sp³-hybridized carbons (Fsp3) is 0.700. The lowest BCUT2D eigenvalue weighted by Crippen LogP contribution is -2.53. The van der Waals surface area contributed by atoms with Crippen molar-refractivity contribution < 1.29 is 23.4 Å². The molecule has 4 rings (SSSR count). The van der Waals surface area contributed by atoms with Crippen molar-refractivity contribution in [3.05, 3.63) is 29.8 Å². The Hall–Kier alpha value is -1.28. The summed E-state index contributed by atoms with van der Waals surface area (Å²) in [5, 5.41) is 10.7. The summed E-state index contributed by atoms with van der Waals surface area (Å²) < 4.78 is 34.8. The van der Waals surface area contributed by atoms with Crippen molar-refractivity contribution in [2.24, 2.45) is 11.8 Å². The molecule has 2 saturated heterocycles. The smallest absolute Gasteiger partial charge is 0.387 e. The predicted molar refractivity (Wildman–Crippen MR) is 96.8 cm³/mol. The second-order valence-corrected chi connectivity index (χ2v) is 7.99. The van der Waals surface area contributed by atoms with E-state index in [-0.39, 0.29) is 17.9 Å². The van der Waals surface area contributed by atoms with Gasteiger partial charge in [0.2, 0.25) is 0 Å². The van der Waals surface area contributed by atoms with Crippen LogP contribution in [0.25, 0.3) is 0 Å². The monoisotopic (exact) mass is 382 g/mol. The number of halogens is 2. The highest BCUT2D eigenvalue weighted by atomic mass is 19.3. The van der Waals surface area contributed by atoms with Gasteiger partial charge < -0.3 is 14.6 Å². The van der Waals surface area contributed by atoms with E-state index in [1.807, 2.05) is 6.07 Å². The molecule has 5 nitrogen and oxygen atoms in total. The molecule has 1 aliphatic carbocycles. The molecule has 1 aromatic rings. The number of aliphatic hydroxyl groups is 1. The topological polar surface area (TPSA) is 45.2 Å². The third kappa shape index (κ3) is 4.59. The molecule has 1 N–H and O–H groups in total. The number of likely N-dealkylation sites (tertiary alicyclic amines) is 1.